The Morgan fingerprint density at radius 3 is 2.69 bits per heavy atom. The summed E-state index contributed by atoms with van der Waals surface area (Å²) in [6, 6.07) is 8.50. The number of nitrogens with zero attached hydrogens (tertiary/aromatic N) is 3. The zero-order valence-corrected chi connectivity index (χ0v) is 15.2. The molecule has 1 saturated heterocycles. The van der Waals surface area contributed by atoms with E-state index in [2.05, 4.69) is 15.3 Å². The van der Waals surface area contributed by atoms with Gasteiger partial charge in [0.05, 0.1) is 5.88 Å². The maximum atomic E-state index is 12.5. The van der Waals surface area contributed by atoms with E-state index in [1.807, 2.05) is 6.92 Å². The van der Waals surface area contributed by atoms with Crippen LogP contribution in [0.2, 0.25) is 0 Å². The summed E-state index contributed by atoms with van der Waals surface area (Å²) in [6.07, 6.45) is 4.45. The maximum absolute atomic E-state index is 12.5. The molecule has 136 valence electrons. The summed E-state index contributed by atoms with van der Waals surface area (Å²) in [6.45, 7) is 1.96. The monoisotopic (exact) mass is 372 g/mol. The largest absolute Gasteiger partial charge is 0.424 e. The summed E-state index contributed by atoms with van der Waals surface area (Å²) in [4.78, 5) is 34.3. The highest BCUT2D eigenvalue weighted by atomic mass is 32.2. The van der Waals surface area contributed by atoms with Crippen LogP contribution in [0.4, 0.5) is 5.69 Å². The third-order valence-electron chi connectivity index (χ3n) is 3.84. The van der Waals surface area contributed by atoms with E-state index in [1.165, 1.54) is 0 Å². The molecule has 26 heavy (non-hydrogen) atoms. The van der Waals surface area contributed by atoms with Crippen LogP contribution in [0.3, 0.4) is 0 Å². The summed E-state index contributed by atoms with van der Waals surface area (Å²) in [5.74, 6) is 1.63. The number of hydrogen-bond donors (Lipinski definition) is 1. The van der Waals surface area contributed by atoms with E-state index < -0.39 is 6.04 Å². The van der Waals surface area contributed by atoms with Crippen molar-refractivity contribution in [2.24, 2.45) is 0 Å². The van der Waals surface area contributed by atoms with Crippen molar-refractivity contribution in [3.63, 3.8) is 0 Å². The topological polar surface area (TPSA) is 84.4 Å². The van der Waals surface area contributed by atoms with Gasteiger partial charge in [0.2, 0.25) is 11.8 Å². The fourth-order valence-electron chi connectivity index (χ4n) is 2.54. The van der Waals surface area contributed by atoms with Gasteiger partial charge >= 0.3 is 6.01 Å². The number of rotatable bonds is 6. The van der Waals surface area contributed by atoms with Crippen molar-refractivity contribution >= 4 is 29.3 Å². The van der Waals surface area contributed by atoms with E-state index in [4.69, 9.17) is 4.74 Å². The zero-order chi connectivity index (χ0) is 18.4. The normalized spacial score (nSPS) is 16.3. The number of thioether (sulfide) groups is 1. The highest BCUT2D eigenvalue weighted by Gasteiger charge is 2.34. The number of anilines is 1. The van der Waals surface area contributed by atoms with Crippen LogP contribution in [0.25, 0.3) is 0 Å². The van der Waals surface area contributed by atoms with Gasteiger partial charge in [0.1, 0.15) is 11.8 Å². The molecule has 8 heteroatoms. The molecule has 1 aromatic heterocycles. The van der Waals surface area contributed by atoms with E-state index in [1.54, 1.807) is 59.4 Å². The number of hydrogen-bond acceptors (Lipinski definition) is 6. The van der Waals surface area contributed by atoms with Gasteiger partial charge in [0.25, 0.3) is 0 Å². The van der Waals surface area contributed by atoms with Crippen molar-refractivity contribution < 1.29 is 14.3 Å². The van der Waals surface area contributed by atoms with E-state index >= 15 is 0 Å². The fourth-order valence-corrected chi connectivity index (χ4v) is 3.72. The van der Waals surface area contributed by atoms with Crippen molar-refractivity contribution in [3.8, 4) is 11.8 Å². The SMILES string of the molecule is CCCC(=O)N1CSCC1C(=O)Nc1ccc(Oc2ncccn2)cc1. The number of carbonyl (C=O) groups is 2. The molecule has 0 bridgehead atoms. The minimum absolute atomic E-state index is 0.0317. The number of benzene rings is 1. The first-order valence-corrected chi connectivity index (χ1v) is 9.56. The Kier molecular flexibility index (Phi) is 6.06. The third-order valence-corrected chi connectivity index (χ3v) is 4.85. The molecule has 1 unspecified atom stereocenters. The minimum Gasteiger partial charge on any atom is -0.424 e. The molecule has 0 spiro atoms. The fraction of sp³-hybridized carbons (Fsp3) is 0.333. The van der Waals surface area contributed by atoms with Crippen molar-refractivity contribution in [2.45, 2.75) is 25.8 Å². The van der Waals surface area contributed by atoms with Gasteiger partial charge in [-0.1, -0.05) is 6.92 Å². The van der Waals surface area contributed by atoms with Gasteiger partial charge in [-0.15, -0.1) is 11.8 Å². The van der Waals surface area contributed by atoms with Gasteiger partial charge < -0.3 is 15.0 Å². The van der Waals surface area contributed by atoms with E-state index in [-0.39, 0.29) is 17.8 Å². The Hall–Kier alpha value is -2.61. The van der Waals surface area contributed by atoms with Crippen LogP contribution >= 0.6 is 11.8 Å². The van der Waals surface area contributed by atoms with Crippen LogP contribution in [0.1, 0.15) is 19.8 Å². The Labute approximate surface area is 156 Å². The molecule has 1 aliphatic rings. The lowest BCUT2D eigenvalue weighted by molar-refractivity contribution is -0.136. The lowest BCUT2D eigenvalue weighted by Crippen LogP contribution is -2.44. The van der Waals surface area contributed by atoms with Crippen LogP contribution < -0.4 is 10.1 Å². The lowest BCUT2D eigenvalue weighted by atomic mass is 10.2. The van der Waals surface area contributed by atoms with Crippen LogP contribution in [-0.4, -0.2) is 44.4 Å². The summed E-state index contributed by atoms with van der Waals surface area (Å²) < 4.78 is 5.52. The summed E-state index contributed by atoms with van der Waals surface area (Å²) in [5.41, 5.74) is 0.649. The summed E-state index contributed by atoms with van der Waals surface area (Å²) in [5, 5.41) is 2.87. The average Bonchev–Trinajstić information content (AvgIpc) is 3.14. The second kappa shape index (κ2) is 8.66. The highest BCUT2D eigenvalue weighted by molar-refractivity contribution is 7.99. The molecule has 1 aromatic carbocycles. The molecule has 0 saturated carbocycles. The average molecular weight is 372 g/mol. The van der Waals surface area contributed by atoms with Crippen LogP contribution in [0.5, 0.6) is 11.8 Å². The van der Waals surface area contributed by atoms with Gasteiger partial charge in [-0.25, -0.2) is 9.97 Å². The van der Waals surface area contributed by atoms with Crippen molar-refractivity contribution in [2.75, 3.05) is 16.9 Å². The lowest BCUT2D eigenvalue weighted by Gasteiger charge is -2.23. The third kappa shape index (κ3) is 4.51. The smallest absolute Gasteiger partial charge is 0.321 e. The van der Waals surface area contributed by atoms with Crippen molar-refractivity contribution in [1.29, 1.82) is 0 Å². The molecule has 0 aliphatic carbocycles. The van der Waals surface area contributed by atoms with Gasteiger partial charge in [0, 0.05) is 30.3 Å². The molecule has 7 nitrogen and oxygen atoms in total. The van der Waals surface area contributed by atoms with E-state index in [0.29, 0.717) is 29.5 Å². The van der Waals surface area contributed by atoms with Crippen molar-refractivity contribution in [3.05, 3.63) is 42.7 Å². The molecule has 2 amide bonds. The Bertz CT molecular complexity index is 755. The highest BCUT2D eigenvalue weighted by Crippen LogP contribution is 2.24. The molecular weight excluding hydrogens is 352 g/mol. The number of nitrogens with one attached hydrogen (secondary N) is 1. The van der Waals surface area contributed by atoms with Crippen molar-refractivity contribution in [1.82, 2.24) is 14.9 Å². The number of aromatic nitrogens is 2. The molecule has 3 rings (SSSR count). The molecule has 0 radical (unpaired) electrons. The van der Waals surface area contributed by atoms with Gasteiger partial charge in [-0.3, -0.25) is 9.59 Å². The molecular formula is C18H20N4O3S. The molecule has 1 fully saturated rings. The van der Waals surface area contributed by atoms with E-state index in [9.17, 15) is 9.59 Å². The van der Waals surface area contributed by atoms with E-state index in [0.717, 1.165) is 6.42 Å². The molecule has 2 aromatic rings. The summed E-state index contributed by atoms with van der Waals surface area (Å²) in [7, 11) is 0. The first-order chi connectivity index (χ1) is 12.7. The van der Waals surface area contributed by atoms with Gasteiger partial charge in [-0.2, -0.15) is 0 Å². The molecule has 1 atom stereocenters. The minimum atomic E-state index is -0.423. The van der Waals surface area contributed by atoms with Gasteiger partial charge in [0.15, 0.2) is 0 Å². The van der Waals surface area contributed by atoms with Gasteiger partial charge in [-0.05, 0) is 36.8 Å². The predicted molar refractivity (Wildman–Crippen MR) is 100 cm³/mol. The maximum Gasteiger partial charge on any atom is 0.321 e. The second-order valence-corrected chi connectivity index (χ2v) is 6.78. The first kappa shape index (κ1) is 18.2. The van der Waals surface area contributed by atoms with Crippen LogP contribution in [0.15, 0.2) is 42.7 Å². The molecule has 1 aliphatic heterocycles. The molecule has 2 heterocycles. The predicted octanol–water partition coefficient (Wildman–Crippen LogP) is 2.91. The quantitative estimate of drug-likeness (QED) is 0.839. The standard InChI is InChI=1S/C18H20N4O3S/c1-2-4-16(23)22-12-26-11-15(22)17(24)21-13-5-7-14(8-6-13)25-18-19-9-3-10-20-18/h3,5-10,15H,2,4,11-12H2,1H3,(H,21,24). The first-order valence-electron chi connectivity index (χ1n) is 8.40. The van der Waals surface area contributed by atoms with Crippen LogP contribution in [0, 0.1) is 0 Å². The molecule has 1 N–H and O–H groups in total. The summed E-state index contributed by atoms with van der Waals surface area (Å²) >= 11 is 1.60. The Balaban J connectivity index is 1.60. The Morgan fingerprint density at radius 2 is 2.00 bits per heavy atom. The number of carbonyl (C=O) groups excluding carboxylic acids is 2. The second-order valence-electron chi connectivity index (χ2n) is 5.78. The Morgan fingerprint density at radius 1 is 1.27 bits per heavy atom. The zero-order valence-electron chi connectivity index (χ0n) is 14.4. The van der Waals surface area contributed by atoms with Crippen LogP contribution in [-0.2, 0) is 9.59 Å². The number of amides is 2. The number of ether oxygens (including phenoxy) is 1.